The summed E-state index contributed by atoms with van der Waals surface area (Å²) in [6.07, 6.45) is -0.495. The van der Waals surface area contributed by atoms with Crippen LogP contribution in [0.15, 0.2) is 60.7 Å². The van der Waals surface area contributed by atoms with Gasteiger partial charge >= 0.3 is 6.09 Å². The van der Waals surface area contributed by atoms with E-state index in [1.54, 1.807) is 0 Å². The molecule has 0 fully saturated rings. The maximum Gasteiger partial charge on any atom is 0.407 e. The van der Waals surface area contributed by atoms with Crippen LogP contribution in [0.4, 0.5) is 4.79 Å². The summed E-state index contributed by atoms with van der Waals surface area (Å²) in [6, 6.07) is 18.6. The predicted molar refractivity (Wildman–Crippen MR) is 78.1 cm³/mol. The summed E-state index contributed by atoms with van der Waals surface area (Å²) in [7, 11) is 1.34. The predicted octanol–water partition coefficient (Wildman–Crippen LogP) is 2.78. The van der Waals surface area contributed by atoms with Crippen LogP contribution < -0.4 is 11.1 Å². The molecule has 2 rings (SSSR count). The van der Waals surface area contributed by atoms with Gasteiger partial charge in [-0.15, -0.1) is 0 Å². The van der Waals surface area contributed by atoms with E-state index >= 15 is 0 Å². The second-order valence-corrected chi connectivity index (χ2v) is 4.46. The lowest BCUT2D eigenvalue weighted by Crippen LogP contribution is -2.35. The van der Waals surface area contributed by atoms with Gasteiger partial charge in [-0.2, -0.15) is 0 Å². The van der Waals surface area contributed by atoms with Crippen LogP contribution in [-0.2, 0) is 4.74 Å². The van der Waals surface area contributed by atoms with Gasteiger partial charge in [0, 0.05) is 0 Å². The summed E-state index contributed by atoms with van der Waals surface area (Å²) in [5.74, 6) is 0. The molecule has 0 heterocycles. The number of amides is 1. The Morgan fingerprint density at radius 2 is 1.50 bits per heavy atom. The molecule has 2 aromatic rings. The van der Waals surface area contributed by atoms with E-state index < -0.39 is 6.09 Å². The van der Waals surface area contributed by atoms with Crippen LogP contribution in [0.3, 0.4) is 0 Å². The highest BCUT2D eigenvalue weighted by Gasteiger charge is 2.23. The topological polar surface area (TPSA) is 64.3 Å². The van der Waals surface area contributed by atoms with E-state index in [1.165, 1.54) is 7.11 Å². The van der Waals surface area contributed by atoms with Crippen molar-refractivity contribution in [3.05, 3.63) is 71.8 Å². The maximum atomic E-state index is 11.5. The van der Waals surface area contributed by atoms with Gasteiger partial charge in [0.2, 0.25) is 0 Å². The van der Waals surface area contributed by atoms with E-state index in [0.29, 0.717) is 0 Å². The molecule has 0 aliphatic carbocycles. The first kappa shape index (κ1) is 14.1. The smallest absolute Gasteiger partial charge is 0.407 e. The molecule has 2 atom stereocenters. The summed E-state index contributed by atoms with van der Waals surface area (Å²) in [5, 5.41) is 2.80. The number of nitrogens with one attached hydrogen (secondary N) is 1. The number of hydrogen-bond acceptors (Lipinski definition) is 3. The van der Waals surface area contributed by atoms with Crippen LogP contribution in [0.5, 0.6) is 0 Å². The number of carbonyl (C=O) groups excluding carboxylic acids is 1. The molecule has 0 bridgehead atoms. The Balaban J connectivity index is 2.29. The summed E-state index contributed by atoms with van der Waals surface area (Å²) in [4.78, 5) is 11.5. The van der Waals surface area contributed by atoms with Crippen LogP contribution in [0.1, 0.15) is 23.2 Å². The van der Waals surface area contributed by atoms with Gasteiger partial charge in [-0.3, -0.25) is 0 Å². The number of hydrogen-bond donors (Lipinski definition) is 2. The number of ether oxygens (including phenoxy) is 1. The molecule has 3 N–H and O–H groups in total. The van der Waals surface area contributed by atoms with Gasteiger partial charge in [0.05, 0.1) is 19.2 Å². The van der Waals surface area contributed by atoms with Gasteiger partial charge in [0.25, 0.3) is 0 Å². The summed E-state index contributed by atoms with van der Waals surface area (Å²) < 4.78 is 4.68. The van der Waals surface area contributed by atoms with E-state index in [-0.39, 0.29) is 12.1 Å². The first-order valence-corrected chi connectivity index (χ1v) is 6.42. The van der Waals surface area contributed by atoms with Crippen LogP contribution in [0.25, 0.3) is 0 Å². The zero-order chi connectivity index (χ0) is 14.4. The Morgan fingerprint density at radius 1 is 1.00 bits per heavy atom. The zero-order valence-corrected chi connectivity index (χ0v) is 11.3. The van der Waals surface area contributed by atoms with Crippen LogP contribution in [-0.4, -0.2) is 13.2 Å². The van der Waals surface area contributed by atoms with Gasteiger partial charge in [-0.1, -0.05) is 60.7 Å². The lowest BCUT2D eigenvalue weighted by atomic mass is 9.94. The number of benzene rings is 2. The second kappa shape index (κ2) is 6.73. The molecular formula is C16H18N2O2. The average Bonchev–Trinajstić information content (AvgIpc) is 2.53. The molecule has 4 heteroatoms. The fourth-order valence-corrected chi connectivity index (χ4v) is 2.09. The molecule has 0 spiro atoms. The summed E-state index contributed by atoms with van der Waals surface area (Å²) in [6.45, 7) is 0. The highest BCUT2D eigenvalue weighted by Crippen LogP contribution is 2.26. The van der Waals surface area contributed by atoms with Crippen molar-refractivity contribution in [1.82, 2.24) is 5.32 Å². The van der Waals surface area contributed by atoms with Crippen molar-refractivity contribution in [3.63, 3.8) is 0 Å². The van der Waals surface area contributed by atoms with Gasteiger partial charge < -0.3 is 15.8 Å². The number of methoxy groups -OCH3 is 1. The standard InChI is InChI=1S/C16H18N2O2/c1-20-16(19)18-15(13-10-6-3-7-11-13)14(17)12-8-4-2-5-9-12/h2-11,14-15H,17H2,1H3,(H,18,19). The minimum Gasteiger partial charge on any atom is -0.453 e. The third-order valence-corrected chi connectivity index (χ3v) is 3.16. The largest absolute Gasteiger partial charge is 0.453 e. The first-order valence-electron chi connectivity index (χ1n) is 6.42. The fraction of sp³-hybridized carbons (Fsp3) is 0.188. The van der Waals surface area contributed by atoms with Gasteiger partial charge in [0.15, 0.2) is 0 Å². The normalized spacial score (nSPS) is 13.3. The third kappa shape index (κ3) is 3.36. The SMILES string of the molecule is COC(=O)NC(c1ccccc1)C(N)c1ccccc1. The number of nitrogens with two attached hydrogens (primary N) is 1. The minimum atomic E-state index is -0.495. The Bertz CT molecular complexity index is 543. The van der Waals surface area contributed by atoms with Crippen molar-refractivity contribution >= 4 is 6.09 Å². The third-order valence-electron chi connectivity index (χ3n) is 3.16. The van der Waals surface area contributed by atoms with Gasteiger partial charge in [-0.05, 0) is 11.1 Å². The highest BCUT2D eigenvalue weighted by atomic mass is 16.5. The molecule has 2 aromatic carbocycles. The zero-order valence-electron chi connectivity index (χ0n) is 11.3. The van der Waals surface area contributed by atoms with Crippen LogP contribution in [0, 0.1) is 0 Å². The molecule has 0 aliphatic heterocycles. The number of rotatable bonds is 4. The highest BCUT2D eigenvalue weighted by molar-refractivity contribution is 5.67. The molecule has 2 unspecified atom stereocenters. The Kier molecular flexibility index (Phi) is 4.74. The van der Waals surface area contributed by atoms with Crippen molar-refractivity contribution in [2.75, 3.05) is 7.11 Å². The fourth-order valence-electron chi connectivity index (χ4n) is 2.09. The number of alkyl carbamates (subject to hydrolysis) is 1. The van der Waals surface area contributed by atoms with E-state index in [4.69, 9.17) is 5.73 Å². The quantitative estimate of drug-likeness (QED) is 0.898. The Labute approximate surface area is 118 Å². The van der Waals surface area contributed by atoms with Gasteiger partial charge in [-0.25, -0.2) is 4.79 Å². The second-order valence-electron chi connectivity index (χ2n) is 4.46. The van der Waals surface area contributed by atoms with Crippen molar-refractivity contribution in [2.45, 2.75) is 12.1 Å². The van der Waals surface area contributed by atoms with E-state index in [1.807, 2.05) is 60.7 Å². The van der Waals surface area contributed by atoms with Crippen molar-refractivity contribution in [1.29, 1.82) is 0 Å². The molecule has 4 nitrogen and oxygen atoms in total. The molecule has 0 aromatic heterocycles. The molecule has 0 aliphatic rings. The van der Waals surface area contributed by atoms with Crippen molar-refractivity contribution < 1.29 is 9.53 Å². The average molecular weight is 270 g/mol. The first-order chi connectivity index (χ1) is 9.72. The molecule has 1 amide bonds. The summed E-state index contributed by atoms with van der Waals surface area (Å²) >= 11 is 0. The summed E-state index contributed by atoms with van der Waals surface area (Å²) in [5.41, 5.74) is 8.20. The molecule has 0 radical (unpaired) electrons. The van der Waals surface area contributed by atoms with E-state index in [2.05, 4.69) is 10.1 Å². The maximum absolute atomic E-state index is 11.5. The molecular weight excluding hydrogens is 252 g/mol. The van der Waals surface area contributed by atoms with Crippen LogP contribution >= 0.6 is 0 Å². The lowest BCUT2D eigenvalue weighted by Gasteiger charge is -2.25. The number of carbonyl (C=O) groups is 1. The van der Waals surface area contributed by atoms with Crippen molar-refractivity contribution in [2.24, 2.45) is 5.73 Å². The minimum absolute atomic E-state index is 0.342. The molecule has 0 saturated carbocycles. The van der Waals surface area contributed by atoms with E-state index in [9.17, 15) is 4.79 Å². The molecule has 20 heavy (non-hydrogen) atoms. The lowest BCUT2D eigenvalue weighted by molar-refractivity contribution is 0.164. The van der Waals surface area contributed by atoms with E-state index in [0.717, 1.165) is 11.1 Å². The Morgan fingerprint density at radius 3 is 2.00 bits per heavy atom. The monoisotopic (exact) mass is 270 g/mol. The van der Waals surface area contributed by atoms with Crippen LogP contribution in [0.2, 0.25) is 0 Å². The van der Waals surface area contributed by atoms with Crippen molar-refractivity contribution in [3.8, 4) is 0 Å². The molecule has 0 saturated heterocycles. The Hall–Kier alpha value is -2.33. The van der Waals surface area contributed by atoms with Gasteiger partial charge in [0.1, 0.15) is 0 Å². The molecule has 104 valence electrons.